The minimum atomic E-state index is 1.08. The lowest BCUT2D eigenvalue weighted by Gasteiger charge is -2.26. The third kappa shape index (κ3) is 12.3. The predicted octanol–water partition coefficient (Wildman–Crippen LogP) is 25.3. The van der Waals surface area contributed by atoms with E-state index in [4.69, 9.17) is 0 Å². The Kier molecular flexibility index (Phi) is 15.9. The van der Waals surface area contributed by atoms with Crippen LogP contribution in [0.5, 0.6) is 0 Å². The summed E-state index contributed by atoms with van der Waals surface area (Å²) in [5.74, 6) is 0. The Labute approximate surface area is 540 Å². The van der Waals surface area contributed by atoms with E-state index in [9.17, 15) is 0 Å². The first-order valence-corrected chi connectivity index (χ1v) is 31.5. The smallest absolute Gasteiger partial charge is 0.0462 e. The molecule has 15 rings (SSSR count). The summed E-state index contributed by atoms with van der Waals surface area (Å²) in [5, 5.41) is 0. The number of anilines is 6. The molecule has 0 unspecified atom stereocenters. The zero-order chi connectivity index (χ0) is 61.4. The molecule has 0 N–H and O–H groups in total. The number of nitrogens with zero attached hydrogens (tertiary/aromatic N) is 2. The first kappa shape index (κ1) is 56.4. The van der Waals surface area contributed by atoms with Gasteiger partial charge in [0.1, 0.15) is 0 Å². The molecule has 0 atom stereocenters. The van der Waals surface area contributed by atoms with E-state index in [-0.39, 0.29) is 0 Å². The highest BCUT2D eigenvalue weighted by molar-refractivity contribution is 5.85. The average Bonchev–Trinajstić information content (AvgIpc) is 3.49. The lowest BCUT2D eigenvalue weighted by atomic mass is 9.98. The van der Waals surface area contributed by atoms with E-state index in [1.807, 2.05) is 0 Å². The zero-order valence-electron chi connectivity index (χ0n) is 50.8. The van der Waals surface area contributed by atoms with Crippen LogP contribution >= 0.6 is 0 Å². The van der Waals surface area contributed by atoms with Crippen LogP contribution in [0.1, 0.15) is 0 Å². The van der Waals surface area contributed by atoms with Gasteiger partial charge in [0, 0.05) is 34.1 Å². The normalized spacial score (nSPS) is 11.0. The van der Waals surface area contributed by atoms with E-state index in [0.717, 1.165) is 56.4 Å². The van der Waals surface area contributed by atoms with Crippen molar-refractivity contribution in [2.24, 2.45) is 0 Å². The second-order valence-corrected chi connectivity index (χ2v) is 23.3. The van der Waals surface area contributed by atoms with Crippen molar-refractivity contribution in [3.05, 3.63) is 388 Å². The molecule has 0 spiro atoms. The minimum absolute atomic E-state index is 1.08. The first-order valence-electron chi connectivity index (χ1n) is 31.5. The molecule has 15 aromatic carbocycles. The van der Waals surface area contributed by atoms with Gasteiger partial charge in [-0.1, -0.05) is 315 Å². The summed E-state index contributed by atoms with van der Waals surface area (Å²) < 4.78 is 0. The van der Waals surface area contributed by atoms with Gasteiger partial charge in [-0.25, -0.2) is 0 Å². The van der Waals surface area contributed by atoms with Crippen molar-refractivity contribution in [1.82, 2.24) is 0 Å². The maximum Gasteiger partial charge on any atom is 0.0462 e. The molecule has 0 bridgehead atoms. The van der Waals surface area contributed by atoms with Crippen molar-refractivity contribution >= 4 is 34.1 Å². The molecule has 92 heavy (non-hydrogen) atoms. The highest BCUT2D eigenvalue weighted by Gasteiger charge is 2.17. The van der Waals surface area contributed by atoms with Crippen molar-refractivity contribution < 1.29 is 0 Å². The van der Waals surface area contributed by atoms with Gasteiger partial charge in [-0.2, -0.15) is 0 Å². The highest BCUT2D eigenvalue weighted by atomic mass is 15.1. The summed E-state index contributed by atoms with van der Waals surface area (Å²) in [4.78, 5) is 4.70. The number of hydrogen-bond donors (Lipinski definition) is 0. The standard InChI is InChI=1S/C90H64N2/c1-5-13-65(14-6-1)69-21-29-73(30-22-69)79-41-53-85(54-42-79)91(86-55-43-80(44-56-86)74-31-23-70(24-32-74)66-15-7-2-8-16-66)89-61-49-83(50-62-89)77-37-39-78(40-38-77)84-51-63-90(64-52-84)92(87-57-45-81(46-58-87)75-33-25-71(26-34-75)67-17-9-3-10-18-67)88-59-47-82(48-60-88)76-35-27-72(28-36-76)68-19-11-4-12-20-68/h1-64H. The van der Waals surface area contributed by atoms with Crippen LogP contribution in [0.15, 0.2) is 388 Å². The van der Waals surface area contributed by atoms with Crippen LogP contribution in [-0.4, -0.2) is 0 Å². The minimum Gasteiger partial charge on any atom is -0.311 e. The van der Waals surface area contributed by atoms with E-state index < -0.39 is 0 Å². The van der Waals surface area contributed by atoms with E-state index in [1.54, 1.807) is 0 Å². The third-order valence-corrected chi connectivity index (χ3v) is 17.6. The summed E-state index contributed by atoms with van der Waals surface area (Å²) >= 11 is 0. The molecule has 0 saturated heterocycles. The van der Waals surface area contributed by atoms with Crippen molar-refractivity contribution in [2.75, 3.05) is 9.80 Å². The monoisotopic (exact) mass is 1170 g/mol. The molecule has 0 aliphatic rings. The van der Waals surface area contributed by atoms with Crippen molar-refractivity contribution in [3.63, 3.8) is 0 Å². The summed E-state index contributed by atoms with van der Waals surface area (Å²) in [6.07, 6.45) is 0. The quantitative estimate of drug-likeness (QED) is 0.0951. The van der Waals surface area contributed by atoms with Gasteiger partial charge < -0.3 is 9.80 Å². The molecule has 0 saturated carbocycles. The van der Waals surface area contributed by atoms with Crippen molar-refractivity contribution in [2.45, 2.75) is 0 Å². The Balaban J connectivity index is 0.688. The first-order chi connectivity index (χ1) is 45.6. The fourth-order valence-corrected chi connectivity index (χ4v) is 12.5. The maximum atomic E-state index is 2.35. The second kappa shape index (κ2) is 25.9. The highest BCUT2D eigenvalue weighted by Crippen LogP contribution is 2.41. The molecule has 0 radical (unpaired) electrons. The molecule has 0 aliphatic heterocycles. The Morgan fingerprint density at radius 1 is 0.0870 bits per heavy atom. The van der Waals surface area contributed by atoms with Crippen molar-refractivity contribution in [1.29, 1.82) is 0 Å². The van der Waals surface area contributed by atoms with Gasteiger partial charge in [0.15, 0.2) is 0 Å². The van der Waals surface area contributed by atoms with Crippen LogP contribution in [0.3, 0.4) is 0 Å². The fourth-order valence-electron chi connectivity index (χ4n) is 12.5. The molecule has 15 aromatic rings. The zero-order valence-corrected chi connectivity index (χ0v) is 50.8. The molecule has 0 amide bonds. The average molecular weight is 1170 g/mol. The summed E-state index contributed by atoms with van der Waals surface area (Å²) in [6.45, 7) is 0. The van der Waals surface area contributed by atoms with Gasteiger partial charge in [-0.15, -0.1) is 0 Å². The predicted molar refractivity (Wildman–Crippen MR) is 390 cm³/mol. The number of benzene rings is 15. The van der Waals surface area contributed by atoms with Gasteiger partial charge in [0.2, 0.25) is 0 Å². The molecule has 434 valence electrons. The number of rotatable bonds is 16. The van der Waals surface area contributed by atoms with E-state index in [0.29, 0.717) is 0 Å². The van der Waals surface area contributed by atoms with Gasteiger partial charge >= 0.3 is 0 Å². The van der Waals surface area contributed by atoms with E-state index in [1.165, 1.54) is 89.0 Å². The van der Waals surface area contributed by atoms with E-state index >= 15 is 0 Å². The van der Waals surface area contributed by atoms with Crippen LogP contribution in [0.4, 0.5) is 34.1 Å². The molecular weight excluding hydrogens is 1110 g/mol. The van der Waals surface area contributed by atoms with Crippen LogP contribution < -0.4 is 9.80 Å². The molecule has 0 fully saturated rings. The summed E-state index contributed by atoms with van der Waals surface area (Å²) in [7, 11) is 0. The lowest BCUT2D eigenvalue weighted by molar-refractivity contribution is 1.28. The molecule has 2 heteroatoms. The summed E-state index contributed by atoms with van der Waals surface area (Å²) in [6, 6.07) is 140. The van der Waals surface area contributed by atoms with E-state index in [2.05, 4.69) is 398 Å². The SMILES string of the molecule is c1ccc(-c2ccc(-c3ccc(N(c4ccc(-c5ccc(-c6ccccc6)cc5)cc4)c4ccc(-c5ccc(-c6ccc(N(c7ccc(-c8ccc(-c9ccccc9)cc8)cc7)c7ccc(-c8ccc(-c9ccccc9)cc8)cc7)cc6)cc5)cc4)cc3)cc2)cc1. The van der Waals surface area contributed by atoms with Gasteiger partial charge in [0.05, 0.1) is 0 Å². The Bertz CT molecular complexity index is 4290. The molecular formula is C90H64N2. The van der Waals surface area contributed by atoms with Crippen molar-refractivity contribution in [3.8, 4) is 111 Å². The maximum absolute atomic E-state index is 2.35. The molecule has 0 aliphatic carbocycles. The molecule has 2 nitrogen and oxygen atoms in total. The van der Waals surface area contributed by atoms with Crippen LogP contribution in [-0.2, 0) is 0 Å². The van der Waals surface area contributed by atoms with Gasteiger partial charge in [-0.3, -0.25) is 0 Å². The Morgan fingerprint density at radius 2 is 0.174 bits per heavy atom. The Morgan fingerprint density at radius 3 is 0.283 bits per heavy atom. The second-order valence-electron chi connectivity index (χ2n) is 23.3. The third-order valence-electron chi connectivity index (χ3n) is 17.6. The molecule has 0 heterocycles. The lowest BCUT2D eigenvalue weighted by Crippen LogP contribution is -2.09. The number of hydrogen-bond acceptors (Lipinski definition) is 2. The van der Waals surface area contributed by atoms with Crippen LogP contribution in [0.2, 0.25) is 0 Å². The largest absolute Gasteiger partial charge is 0.311 e. The van der Waals surface area contributed by atoms with Crippen LogP contribution in [0.25, 0.3) is 111 Å². The van der Waals surface area contributed by atoms with Gasteiger partial charge in [0.25, 0.3) is 0 Å². The fraction of sp³-hybridized carbons (Fsp3) is 0. The summed E-state index contributed by atoms with van der Waals surface area (Å²) in [5.41, 5.74) is 30.2. The Hall–Kier alpha value is -12.1. The topological polar surface area (TPSA) is 6.48 Å². The molecule has 0 aromatic heterocycles. The van der Waals surface area contributed by atoms with Crippen LogP contribution in [0, 0.1) is 0 Å². The van der Waals surface area contributed by atoms with Gasteiger partial charge in [-0.05, 0) is 184 Å².